The Morgan fingerprint density at radius 3 is 2.21 bits per heavy atom. The van der Waals surface area contributed by atoms with E-state index in [9.17, 15) is 13.2 Å². The topological polar surface area (TPSA) is 30.2 Å². The van der Waals surface area contributed by atoms with Crippen molar-refractivity contribution in [3.05, 3.63) is 27.6 Å². The number of rotatable bonds is 0. The Labute approximate surface area is 117 Å². The third-order valence-corrected chi connectivity index (χ3v) is 3.11. The van der Waals surface area contributed by atoms with Gasteiger partial charge in [0.1, 0.15) is 15.9 Å². The first-order valence-electron chi connectivity index (χ1n) is 5.34. The van der Waals surface area contributed by atoms with E-state index in [0.717, 1.165) is 10.6 Å². The molecule has 0 bridgehead atoms. The van der Waals surface area contributed by atoms with Gasteiger partial charge < -0.3 is 0 Å². The quantitative estimate of drug-likeness (QED) is 0.677. The van der Waals surface area contributed by atoms with E-state index in [1.165, 1.54) is 0 Å². The first kappa shape index (κ1) is 14.4. The molecule has 0 aliphatic heterocycles. The van der Waals surface area contributed by atoms with Gasteiger partial charge in [-0.2, -0.15) is 18.3 Å². The summed E-state index contributed by atoms with van der Waals surface area (Å²) in [5, 5.41) is 4.03. The summed E-state index contributed by atoms with van der Waals surface area (Å²) in [5.41, 5.74) is -1.16. The highest BCUT2D eigenvalue weighted by atomic mass is 35.5. The minimum Gasteiger partial charge on any atom is -0.222 e. The van der Waals surface area contributed by atoms with Crippen molar-refractivity contribution >= 4 is 28.8 Å². The molecule has 0 aromatic carbocycles. The summed E-state index contributed by atoms with van der Waals surface area (Å²) in [6.45, 7) is 5.54. The van der Waals surface area contributed by atoms with Crippen LogP contribution < -0.4 is 0 Å². The van der Waals surface area contributed by atoms with E-state index in [4.69, 9.17) is 23.2 Å². The number of fused-ring (bicyclic) bond motifs is 1. The first-order chi connectivity index (χ1) is 8.51. The van der Waals surface area contributed by atoms with E-state index in [1.54, 1.807) is 0 Å². The zero-order valence-corrected chi connectivity index (χ0v) is 11.8. The highest BCUT2D eigenvalue weighted by Crippen LogP contribution is 2.35. The van der Waals surface area contributed by atoms with Gasteiger partial charge in [-0.05, 0) is 0 Å². The highest BCUT2D eigenvalue weighted by molar-refractivity contribution is 6.35. The summed E-state index contributed by atoms with van der Waals surface area (Å²) in [6.07, 6.45) is -4.58. The fourth-order valence-electron chi connectivity index (χ4n) is 1.58. The Bertz CT molecular complexity index is 641. The van der Waals surface area contributed by atoms with Crippen molar-refractivity contribution in [1.82, 2.24) is 14.6 Å². The van der Waals surface area contributed by atoms with Gasteiger partial charge >= 0.3 is 6.18 Å². The maximum Gasteiger partial charge on any atom is 0.433 e. The molecule has 0 fully saturated rings. The molecule has 2 rings (SSSR count). The number of halogens is 5. The van der Waals surface area contributed by atoms with Crippen molar-refractivity contribution in [2.24, 2.45) is 0 Å². The Hall–Kier alpha value is -1.01. The molecule has 2 aromatic rings. The molecular weight excluding hydrogens is 302 g/mol. The van der Waals surface area contributed by atoms with Crippen molar-refractivity contribution in [2.75, 3.05) is 0 Å². The number of hydrogen-bond donors (Lipinski definition) is 0. The van der Waals surface area contributed by atoms with Crippen LogP contribution in [0.2, 0.25) is 10.2 Å². The maximum absolute atomic E-state index is 12.7. The van der Waals surface area contributed by atoms with Crippen LogP contribution >= 0.6 is 23.2 Å². The lowest BCUT2D eigenvalue weighted by molar-refractivity contribution is -0.141. The molecule has 0 N–H and O–H groups in total. The predicted octanol–water partition coefficient (Wildman–Crippen LogP) is 4.35. The number of aromatic nitrogens is 3. The van der Waals surface area contributed by atoms with Gasteiger partial charge in [0.2, 0.25) is 0 Å². The molecule has 0 saturated heterocycles. The normalized spacial score (nSPS) is 13.3. The first-order valence-corrected chi connectivity index (χ1v) is 6.10. The Morgan fingerprint density at radius 2 is 1.74 bits per heavy atom. The number of hydrogen-bond acceptors (Lipinski definition) is 2. The third-order valence-electron chi connectivity index (χ3n) is 2.49. The average Bonchev–Trinajstić information content (AvgIpc) is 2.55. The van der Waals surface area contributed by atoms with Crippen LogP contribution in [-0.2, 0) is 11.6 Å². The molecule has 0 amide bonds. The van der Waals surface area contributed by atoms with Gasteiger partial charge in [-0.15, -0.1) is 0 Å². The van der Waals surface area contributed by atoms with Gasteiger partial charge in [-0.3, -0.25) is 0 Å². The van der Waals surface area contributed by atoms with Crippen molar-refractivity contribution < 1.29 is 13.2 Å². The lowest BCUT2D eigenvalue weighted by atomic mass is 9.92. The molecule has 2 heterocycles. The molecule has 104 valence electrons. The van der Waals surface area contributed by atoms with Crippen molar-refractivity contribution in [2.45, 2.75) is 32.4 Å². The molecule has 0 spiro atoms. The Balaban J connectivity index is 2.79. The van der Waals surface area contributed by atoms with Gasteiger partial charge in [0.15, 0.2) is 5.65 Å². The molecule has 19 heavy (non-hydrogen) atoms. The molecule has 3 nitrogen and oxygen atoms in total. The van der Waals surface area contributed by atoms with E-state index in [-0.39, 0.29) is 15.8 Å². The Morgan fingerprint density at radius 1 is 1.16 bits per heavy atom. The summed E-state index contributed by atoms with van der Waals surface area (Å²) in [6, 6.07) is 0.727. The summed E-state index contributed by atoms with van der Waals surface area (Å²) in [5.74, 6) is 0. The van der Waals surface area contributed by atoms with Crippen LogP contribution in [0.25, 0.3) is 5.65 Å². The van der Waals surface area contributed by atoms with E-state index in [1.807, 2.05) is 20.8 Å². The lowest BCUT2D eigenvalue weighted by Gasteiger charge is -2.14. The standard InChI is InChI=1S/C11H10Cl2F3N3/c1-10(2,3)8-7(13)9-17-5(11(14,15)16)4-6(12)19(9)18-8/h4H,1-3H3. The van der Waals surface area contributed by atoms with Gasteiger partial charge in [-0.1, -0.05) is 44.0 Å². The van der Waals surface area contributed by atoms with Crippen LogP contribution in [0.3, 0.4) is 0 Å². The molecule has 0 aliphatic carbocycles. The molecule has 0 radical (unpaired) electrons. The third kappa shape index (κ3) is 2.51. The van der Waals surface area contributed by atoms with E-state index >= 15 is 0 Å². The monoisotopic (exact) mass is 311 g/mol. The van der Waals surface area contributed by atoms with Crippen molar-refractivity contribution in [3.63, 3.8) is 0 Å². The molecule has 0 aliphatic rings. The summed E-state index contributed by atoms with van der Waals surface area (Å²) in [4.78, 5) is 3.50. The zero-order valence-electron chi connectivity index (χ0n) is 10.3. The van der Waals surface area contributed by atoms with Gasteiger partial charge in [0.25, 0.3) is 0 Å². The summed E-state index contributed by atoms with van der Waals surface area (Å²) in [7, 11) is 0. The van der Waals surface area contributed by atoms with Gasteiger partial charge in [-0.25, -0.2) is 9.50 Å². The summed E-state index contributed by atoms with van der Waals surface area (Å²) >= 11 is 11.9. The number of nitrogens with zero attached hydrogens (tertiary/aromatic N) is 3. The highest BCUT2D eigenvalue weighted by Gasteiger charge is 2.35. The second-order valence-corrected chi connectivity index (χ2v) is 5.88. The smallest absolute Gasteiger partial charge is 0.222 e. The molecular formula is C11H10Cl2F3N3. The zero-order chi connectivity index (χ0) is 14.6. The fraction of sp³-hybridized carbons (Fsp3) is 0.455. The molecule has 0 atom stereocenters. The van der Waals surface area contributed by atoms with Gasteiger partial charge in [0.05, 0.1) is 5.69 Å². The van der Waals surface area contributed by atoms with Crippen LogP contribution in [0, 0.1) is 0 Å². The van der Waals surface area contributed by atoms with Crippen molar-refractivity contribution in [1.29, 1.82) is 0 Å². The average molecular weight is 312 g/mol. The van der Waals surface area contributed by atoms with Gasteiger partial charge in [0, 0.05) is 11.5 Å². The second kappa shape index (κ2) is 4.24. The molecule has 2 aromatic heterocycles. The second-order valence-electron chi connectivity index (χ2n) is 5.11. The van der Waals surface area contributed by atoms with E-state index in [2.05, 4.69) is 10.1 Å². The largest absolute Gasteiger partial charge is 0.433 e. The minimum absolute atomic E-state index is 0.0838. The van der Waals surface area contributed by atoms with E-state index in [0.29, 0.717) is 5.69 Å². The maximum atomic E-state index is 12.7. The minimum atomic E-state index is -4.58. The van der Waals surface area contributed by atoms with Crippen LogP contribution in [0.5, 0.6) is 0 Å². The number of alkyl halides is 3. The lowest BCUT2D eigenvalue weighted by Crippen LogP contribution is -2.12. The molecule has 0 saturated carbocycles. The van der Waals surface area contributed by atoms with Crippen LogP contribution in [0.15, 0.2) is 6.07 Å². The van der Waals surface area contributed by atoms with Crippen molar-refractivity contribution in [3.8, 4) is 0 Å². The fourth-order valence-corrected chi connectivity index (χ4v) is 2.25. The summed E-state index contributed by atoms with van der Waals surface area (Å²) < 4.78 is 39.1. The van der Waals surface area contributed by atoms with Crippen LogP contribution in [-0.4, -0.2) is 14.6 Å². The Kier molecular flexibility index (Phi) is 3.22. The van der Waals surface area contributed by atoms with Crippen LogP contribution in [0.1, 0.15) is 32.2 Å². The SMILES string of the molecule is CC(C)(C)c1nn2c(Cl)cc(C(F)(F)F)nc2c1Cl. The van der Waals surface area contributed by atoms with Crippen LogP contribution in [0.4, 0.5) is 13.2 Å². The molecule has 0 unspecified atom stereocenters. The van der Waals surface area contributed by atoms with E-state index < -0.39 is 17.3 Å². The predicted molar refractivity (Wildman–Crippen MR) is 66.7 cm³/mol. The molecule has 8 heteroatoms.